The van der Waals surface area contributed by atoms with Gasteiger partial charge in [-0.2, -0.15) is 18.2 Å². The number of benzene rings is 1. The molecule has 41 heavy (non-hydrogen) atoms. The van der Waals surface area contributed by atoms with Gasteiger partial charge in [-0.05, 0) is 49.9 Å². The van der Waals surface area contributed by atoms with Gasteiger partial charge in [-0.25, -0.2) is 9.78 Å². The molecule has 1 unspecified atom stereocenters. The summed E-state index contributed by atoms with van der Waals surface area (Å²) in [5.74, 6) is 0.806. The Morgan fingerprint density at radius 1 is 1.10 bits per heavy atom. The highest BCUT2D eigenvalue weighted by Gasteiger charge is 2.40. The van der Waals surface area contributed by atoms with Gasteiger partial charge in [0, 0.05) is 25.3 Å². The highest BCUT2D eigenvalue weighted by molar-refractivity contribution is 6.04. The summed E-state index contributed by atoms with van der Waals surface area (Å²) >= 11 is 0. The molecule has 0 aliphatic carbocycles. The van der Waals surface area contributed by atoms with Gasteiger partial charge in [0.05, 0.1) is 42.0 Å². The summed E-state index contributed by atoms with van der Waals surface area (Å²) in [5.41, 5.74) is 0.633. The molecule has 216 valence electrons. The highest BCUT2D eigenvalue weighted by Crippen LogP contribution is 2.41. The Morgan fingerprint density at radius 3 is 2.83 bits per heavy atom. The van der Waals surface area contributed by atoms with Crippen LogP contribution in [0.1, 0.15) is 31.2 Å². The minimum absolute atomic E-state index is 0.154. The summed E-state index contributed by atoms with van der Waals surface area (Å²) in [7, 11) is 0. The van der Waals surface area contributed by atoms with Crippen molar-refractivity contribution in [2.45, 2.75) is 44.2 Å². The van der Waals surface area contributed by atoms with Crippen molar-refractivity contribution < 1.29 is 32.2 Å². The molecule has 0 spiro atoms. The molecule has 0 radical (unpaired) electrons. The molecule has 2 atom stereocenters. The number of amides is 2. The lowest BCUT2D eigenvalue weighted by molar-refractivity contribution is -0.165. The van der Waals surface area contributed by atoms with Gasteiger partial charge in [0.25, 0.3) is 0 Å². The van der Waals surface area contributed by atoms with Gasteiger partial charge in [0.2, 0.25) is 5.88 Å². The van der Waals surface area contributed by atoms with E-state index in [4.69, 9.17) is 14.2 Å². The van der Waals surface area contributed by atoms with Crippen molar-refractivity contribution in [2.24, 2.45) is 0 Å². The van der Waals surface area contributed by atoms with Gasteiger partial charge in [-0.1, -0.05) is 12.1 Å². The number of fused-ring (bicyclic) bond motifs is 4. The molecule has 0 saturated carbocycles. The van der Waals surface area contributed by atoms with E-state index in [1.165, 1.54) is 18.5 Å². The molecular weight excluding hydrogens is 541 g/mol. The Morgan fingerprint density at radius 2 is 2.00 bits per heavy atom. The molecule has 2 saturated heterocycles. The number of carbonyl (C=O) groups excluding carboxylic acids is 1. The number of carbonyl (C=O) groups is 1. The van der Waals surface area contributed by atoms with E-state index in [2.05, 4.69) is 25.2 Å². The SMILES string of the molecule is O=C(Nc1cncc(OCCOC2CCCCO2)n1)N1c2nc(-c3cccc(C(F)(F)F)c3)ccc2N2CC[C@H]1C2. The second-order valence-electron chi connectivity index (χ2n) is 10.1. The van der Waals surface area contributed by atoms with E-state index in [1.807, 2.05) is 0 Å². The van der Waals surface area contributed by atoms with Gasteiger partial charge >= 0.3 is 12.2 Å². The predicted molar refractivity (Wildman–Crippen MR) is 144 cm³/mol. The monoisotopic (exact) mass is 570 g/mol. The van der Waals surface area contributed by atoms with Gasteiger partial charge < -0.3 is 19.1 Å². The lowest BCUT2D eigenvalue weighted by atomic mass is 10.1. The maximum atomic E-state index is 13.6. The van der Waals surface area contributed by atoms with Crippen LogP contribution in [0, 0.1) is 0 Å². The molecule has 2 fully saturated rings. The third kappa shape index (κ3) is 6.05. The summed E-state index contributed by atoms with van der Waals surface area (Å²) in [6.07, 6.45) is 1.86. The van der Waals surface area contributed by atoms with Crippen molar-refractivity contribution in [2.75, 3.05) is 48.0 Å². The Kier molecular flexibility index (Phi) is 7.63. The van der Waals surface area contributed by atoms with Crippen LogP contribution < -0.4 is 19.9 Å². The number of anilines is 3. The van der Waals surface area contributed by atoms with Gasteiger partial charge in [-0.3, -0.25) is 15.2 Å². The molecule has 10 nitrogen and oxygen atoms in total. The first-order valence-electron chi connectivity index (χ1n) is 13.6. The Balaban J connectivity index is 1.17. The van der Waals surface area contributed by atoms with Crippen molar-refractivity contribution in [3.8, 4) is 17.1 Å². The second kappa shape index (κ2) is 11.5. The van der Waals surface area contributed by atoms with E-state index >= 15 is 0 Å². The third-order valence-electron chi connectivity index (χ3n) is 7.28. The molecule has 2 aromatic heterocycles. The number of pyridine rings is 1. The summed E-state index contributed by atoms with van der Waals surface area (Å²) in [4.78, 5) is 30.4. The van der Waals surface area contributed by atoms with Crippen LogP contribution in [-0.2, 0) is 15.7 Å². The molecule has 1 aromatic carbocycles. The van der Waals surface area contributed by atoms with Crippen molar-refractivity contribution in [3.63, 3.8) is 0 Å². The zero-order chi connectivity index (χ0) is 28.4. The number of ether oxygens (including phenoxy) is 3. The van der Waals surface area contributed by atoms with Gasteiger partial charge in [-0.15, -0.1) is 0 Å². The van der Waals surface area contributed by atoms with Crippen molar-refractivity contribution in [3.05, 3.63) is 54.4 Å². The normalized spacial score (nSPS) is 20.1. The maximum absolute atomic E-state index is 13.6. The standard InChI is InChI=1S/C28H29F3N6O4/c29-28(30,31)19-5-3-4-18(14-19)21-7-8-22-26(33-21)37(20-9-10-36(22)17-20)27(38)35-23-15-32-16-24(34-23)39-12-13-41-25-6-1-2-11-40-25/h3-5,7-8,14-16,20,25H,1-2,6,9-13,17H2,(H,34,35,38)/t20-,25?/m0/s1. The second-order valence-corrected chi connectivity index (χ2v) is 10.1. The maximum Gasteiger partial charge on any atom is 0.416 e. The quantitative estimate of drug-likeness (QED) is 0.391. The van der Waals surface area contributed by atoms with Crippen LogP contribution in [0.2, 0.25) is 0 Å². The average Bonchev–Trinajstić information content (AvgIpc) is 3.39. The minimum Gasteiger partial charge on any atom is -0.474 e. The van der Waals surface area contributed by atoms with Crippen LogP contribution in [0.15, 0.2) is 48.8 Å². The molecule has 1 N–H and O–H groups in total. The number of hydrogen-bond donors (Lipinski definition) is 1. The van der Waals surface area contributed by atoms with E-state index in [-0.39, 0.29) is 30.6 Å². The zero-order valence-electron chi connectivity index (χ0n) is 22.1. The fourth-order valence-electron chi connectivity index (χ4n) is 5.30. The number of hydrogen-bond acceptors (Lipinski definition) is 8. The molecule has 6 rings (SSSR count). The number of rotatable bonds is 7. The average molecular weight is 571 g/mol. The molecule has 3 aliphatic rings. The molecule has 3 aliphatic heterocycles. The molecular formula is C28H29F3N6O4. The first kappa shape index (κ1) is 27.2. The van der Waals surface area contributed by atoms with Gasteiger partial charge in [0.15, 0.2) is 17.9 Å². The van der Waals surface area contributed by atoms with E-state index in [0.717, 1.165) is 50.0 Å². The Labute approximate surface area is 234 Å². The fourth-order valence-corrected chi connectivity index (χ4v) is 5.30. The number of aromatic nitrogens is 3. The lowest BCUT2D eigenvalue weighted by Crippen LogP contribution is -2.48. The largest absolute Gasteiger partial charge is 0.474 e. The molecule has 5 heterocycles. The smallest absolute Gasteiger partial charge is 0.416 e. The Hall–Kier alpha value is -3.97. The van der Waals surface area contributed by atoms with Crippen molar-refractivity contribution >= 4 is 23.4 Å². The van der Waals surface area contributed by atoms with E-state index < -0.39 is 17.8 Å². The molecule has 2 amide bonds. The van der Waals surface area contributed by atoms with Crippen LogP contribution in [0.4, 0.5) is 35.3 Å². The van der Waals surface area contributed by atoms with Crippen LogP contribution in [0.5, 0.6) is 5.88 Å². The predicted octanol–water partition coefficient (Wildman–Crippen LogP) is 5.11. The Bertz CT molecular complexity index is 1400. The number of urea groups is 1. The molecule has 3 aromatic rings. The van der Waals surface area contributed by atoms with Crippen LogP contribution >= 0.6 is 0 Å². The third-order valence-corrected chi connectivity index (χ3v) is 7.28. The fraction of sp³-hybridized carbons (Fsp3) is 0.429. The number of alkyl halides is 3. The van der Waals surface area contributed by atoms with Crippen molar-refractivity contribution in [1.82, 2.24) is 15.0 Å². The van der Waals surface area contributed by atoms with Crippen LogP contribution in [-0.4, -0.2) is 66.2 Å². The van der Waals surface area contributed by atoms with E-state index in [9.17, 15) is 18.0 Å². The zero-order valence-corrected chi connectivity index (χ0v) is 22.1. The number of nitrogens with zero attached hydrogens (tertiary/aromatic N) is 5. The topological polar surface area (TPSA) is 102 Å². The van der Waals surface area contributed by atoms with E-state index in [1.54, 1.807) is 23.1 Å². The molecule has 13 heteroatoms. The number of nitrogens with one attached hydrogen (secondary N) is 1. The molecule has 2 bridgehead atoms. The highest BCUT2D eigenvalue weighted by atomic mass is 19.4. The summed E-state index contributed by atoms with van der Waals surface area (Å²) in [6, 6.07) is 7.86. The lowest BCUT2D eigenvalue weighted by Gasteiger charge is -2.35. The first-order chi connectivity index (χ1) is 19.8. The van der Waals surface area contributed by atoms with Crippen LogP contribution in [0.25, 0.3) is 11.3 Å². The summed E-state index contributed by atoms with van der Waals surface area (Å²) in [6.45, 7) is 2.63. The summed E-state index contributed by atoms with van der Waals surface area (Å²) in [5, 5.41) is 2.78. The number of halogens is 3. The van der Waals surface area contributed by atoms with Gasteiger partial charge in [0.1, 0.15) is 6.61 Å². The summed E-state index contributed by atoms with van der Waals surface area (Å²) < 4.78 is 56.8. The minimum atomic E-state index is -4.48. The van der Waals surface area contributed by atoms with Crippen LogP contribution in [0.3, 0.4) is 0 Å². The van der Waals surface area contributed by atoms with E-state index in [0.29, 0.717) is 36.8 Å². The first-order valence-corrected chi connectivity index (χ1v) is 13.6. The van der Waals surface area contributed by atoms with Crippen molar-refractivity contribution in [1.29, 1.82) is 0 Å².